The minimum Gasteiger partial charge on any atom is -0.300 e. The van der Waals surface area contributed by atoms with E-state index in [2.05, 4.69) is 11.1 Å². The van der Waals surface area contributed by atoms with Crippen molar-refractivity contribution in [2.45, 2.75) is 0 Å². The molecule has 129 valence electrons. The van der Waals surface area contributed by atoms with Crippen molar-refractivity contribution in [3.05, 3.63) is 96.9 Å². The van der Waals surface area contributed by atoms with E-state index in [1.807, 2.05) is 54.6 Å². The molecule has 3 aromatic carbocycles. The molecule has 4 rings (SSSR count). The van der Waals surface area contributed by atoms with Gasteiger partial charge in [-0.15, -0.1) is 35.9 Å². The van der Waals surface area contributed by atoms with E-state index in [4.69, 9.17) is 4.98 Å². The fraction of sp³-hybridized carbons (Fsp3) is 0. The Morgan fingerprint density at radius 3 is 2.15 bits per heavy atom. The van der Waals surface area contributed by atoms with Gasteiger partial charge < -0.3 is 4.98 Å². The van der Waals surface area contributed by atoms with E-state index in [9.17, 15) is 4.39 Å². The molecule has 1 heterocycles. The zero-order chi connectivity index (χ0) is 17.1. The van der Waals surface area contributed by atoms with Crippen molar-refractivity contribution in [1.29, 1.82) is 0 Å². The summed E-state index contributed by atoms with van der Waals surface area (Å²) in [7, 11) is 0. The van der Waals surface area contributed by atoms with Crippen LogP contribution in [0, 0.1) is 11.9 Å². The van der Waals surface area contributed by atoms with Gasteiger partial charge in [-0.25, -0.2) is 4.39 Å². The molecule has 1 radical (unpaired) electrons. The van der Waals surface area contributed by atoms with Crippen LogP contribution in [0.25, 0.3) is 33.8 Å². The minimum atomic E-state index is -0.268. The average Bonchev–Trinajstić information content (AvgIpc) is 2.69. The number of halogens is 1. The maximum atomic E-state index is 13.2. The van der Waals surface area contributed by atoms with Gasteiger partial charge in [0.15, 0.2) is 0 Å². The van der Waals surface area contributed by atoms with E-state index in [1.165, 1.54) is 12.1 Å². The summed E-state index contributed by atoms with van der Waals surface area (Å²) in [4.78, 5) is 9.45. The number of hydrogen-bond donors (Lipinski definition) is 0. The van der Waals surface area contributed by atoms with Gasteiger partial charge >= 0.3 is 0 Å². The molecule has 26 heavy (non-hydrogen) atoms. The van der Waals surface area contributed by atoms with Crippen molar-refractivity contribution in [2.24, 2.45) is 0 Å². The van der Waals surface area contributed by atoms with Crippen molar-refractivity contribution >= 4 is 0 Å². The molecule has 0 bridgehead atoms. The Labute approximate surface area is 165 Å². The van der Waals surface area contributed by atoms with Gasteiger partial charge in [-0.1, -0.05) is 30.3 Å². The van der Waals surface area contributed by atoms with Crippen LogP contribution in [0.2, 0.25) is 0 Å². The molecule has 0 saturated heterocycles. The summed E-state index contributed by atoms with van der Waals surface area (Å²) < 4.78 is 13.2. The van der Waals surface area contributed by atoms with Gasteiger partial charge in [0.25, 0.3) is 0 Å². The van der Waals surface area contributed by atoms with Gasteiger partial charge in [-0.2, -0.15) is 0 Å². The number of nitrogens with zero attached hydrogens (tertiary/aromatic N) is 2. The Morgan fingerprint density at radius 2 is 1.46 bits per heavy atom. The molecule has 0 aliphatic heterocycles. The first-order valence-electron chi connectivity index (χ1n) is 7.97. The van der Waals surface area contributed by atoms with Crippen molar-refractivity contribution in [2.75, 3.05) is 0 Å². The zero-order valence-corrected chi connectivity index (χ0v) is 16.1. The van der Waals surface area contributed by atoms with Gasteiger partial charge in [0, 0.05) is 37.6 Å². The first-order chi connectivity index (χ1) is 12.3. The smallest absolute Gasteiger partial charge is 0.123 e. The molecular formula is C22H14FIrN2-. The first kappa shape index (κ1) is 18.1. The average molecular weight is 518 g/mol. The second-order valence-corrected chi connectivity index (χ2v) is 5.60. The van der Waals surface area contributed by atoms with Crippen molar-refractivity contribution < 1.29 is 24.5 Å². The van der Waals surface area contributed by atoms with Crippen molar-refractivity contribution in [3.63, 3.8) is 0 Å². The van der Waals surface area contributed by atoms with E-state index >= 15 is 0 Å². The van der Waals surface area contributed by atoms with Crippen LogP contribution in [0.4, 0.5) is 4.39 Å². The molecular weight excluding hydrogens is 503 g/mol. The zero-order valence-electron chi connectivity index (χ0n) is 13.7. The van der Waals surface area contributed by atoms with E-state index in [1.54, 1.807) is 18.3 Å². The second kappa shape index (κ2) is 8.13. The quantitative estimate of drug-likeness (QED) is 0.340. The van der Waals surface area contributed by atoms with Crippen LogP contribution in [-0.2, 0) is 20.1 Å². The minimum absolute atomic E-state index is 0. The predicted octanol–water partition coefficient (Wildman–Crippen LogP) is 5.41. The number of benzene rings is 3. The van der Waals surface area contributed by atoms with Gasteiger partial charge in [0.05, 0.1) is 11.4 Å². The van der Waals surface area contributed by atoms with E-state index in [-0.39, 0.29) is 25.9 Å². The summed E-state index contributed by atoms with van der Waals surface area (Å²) in [6.07, 6.45) is 1.72. The van der Waals surface area contributed by atoms with Crippen LogP contribution in [0.3, 0.4) is 0 Å². The number of rotatable bonds is 3. The Morgan fingerprint density at radius 1 is 0.731 bits per heavy atom. The van der Waals surface area contributed by atoms with Crippen LogP contribution >= 0.6 is 0 Å². The standard InChI is InChI=1S/C22H14FN2.Ir/c23-19-13-11-16(12-14-19)20-15-24-21(17-7-3-1-4-8-17)22(25-20)18-9-5-2-6-10-18;/h1-7,9-15H;/q-1;. The SMILES string of the molecule is Fc1ccc(-c2cnc(-c3[c-]cccc3)c(-c3ccccc3)n2)cc1.[Ir]. The van der Waals surface area contributed by atoms with Crippen LogP contribution < -0.4 is 0 Å². The van der Waals surface area contributed by atoms with E-state index < -0.39 is 0 Å². The second-order valence-electron chi connectivity index (χ2n) is 5.60. The third-order valence-corrected chi connectivity index (χ3v) is 3.92. The summed E-state index contributed by atoms with van der Waals surface area (Å²) >= 11 is 0. The fourth-order valence-electron chi connectivity index (χ4n) is 2.68. The Kier molecular flexibility index (Phi) is 5.67. The molecule has 0 aliphatic carbocycles. The molecule has 2 nitrogen and oxygen atoms in total. The molecule has 0 amide bonds. The Balaban J connectivity index is 0.00000196. The molecule has 0 N–H and O–H groups in total. The van der Waals surface area contributed by atoms with Crippen LogP contribution in [0.1, 0.15) is 0 Å². The molecule has 4 aromatic rings. The molecule has 0 saturated carbocycles. The topological polar surface area (TPSA) is 25.8 Å². The third-order valence-electron chi connectivity index (χ3n) is 3.92. The van der Waals surface area contributed by atoms with Crippen LogP contribution in [0.15, 0.2) is 85.1 Å². The number of aromatic nitrogens is 2. The molecule has 1 aromatic heterocycles. The Bertz CT molecular complexity index is 988. The molecule has 4 heteroatoms. The number of hydrogen-bond acceptors (Lipinski definition) is 2. The van der Waals surface area contributed by atoms with Gasteiger partial charge in [-0.3, -0.25) is 4.98 Å². The summed E-state index contributed by atoms with van der Waals surface area (Å²) in [5.41, 5.74) is 4.96. The Hall–Kier alpha value is -2.68. The fourth-order valence-corrected chi connectivity index (χ4v) is 2.68. The van der Waals surface area contributed by atoms with Gasteiger partial charge in [0.2, 0.25) is 0 Å². The first-order valence-corrected chi connectivity index (χ1v) is 7.97. The van der Waals surface area contributed by atoms with Crippen LogP contribution in [-0.4, -0.2) is 9.97 Å². The van der Waals surface area contributed by atoms with Gasteiger partial charge in [-0.05, 0) is 29.8 Å². The molecule has 0 atom stereocenters. The largest absolute Gasteiger partial charge is 0.300 e. The molecule has 0 fully saturated rings. The molecule has 0 aliphatic rings. The molecule has 0 spiro atoms. The maximum Gasteiger partial charge on any atom is 0.123 e. The maximum absolute atomic E-state index is 13.2. The summed E-state index contributed by atoms with van der Waals surface area (Å²) in [6.45, 7) is 0. The van der Waals surface area contributed by atoms with Crippen molar-refractivity contribution in [1.82, 2.24) is 9.97 Å². The van der Waals surface area contributed by atoms with Crippen molar-refractivity contribution in [3.8, 4) is 33.8 Å². The van der Waals surface area contributed by atoms with E-state index in [0.717, 1.165) is 28.1 Å². The van der Waals surface area contributed by atoms with Crippen LogP contribution in [0.5, 0.6) is 0 Å². The monoisotopic (exact) mass is 518 g/mol. The summed E-state index contributed by atoms with van der Waals surface area (Å²) in [5, 5.41) is 0. The predicted molar refractivity (Wildman–Crippen MR) is 97.1 cm³/mol. The van der Waals surface area contributed by atoms with Gasteiger partial charge in [0.1, 0.15) is 5.82 Å². The summed E-state index contributed by atoms with van der Waals surface area (Å²) in [5.74, 6) is -0.268. The third kappa shape index (κ3) is 3.77. The van der Waals surface area contributed by atoms with E-state index in [0.29, 0.717) is 5.69 Å². The molecule has 0 unspecified atom stereocenters. The summed E-state index contributed by atoms with van der Waals surface area (Å²) in [6, 6.07) is 27.1. The normalized spacial score (nSPS) is 10.2.